The van der Waals surface area contributed by atoms with Gasteiger partial charge in [-0.15, -0.1) is 0 Å². The lowest BCUT2D eigenvalue weighted by atomic mass is 9.80. The third kappa shape index (κ3) is 4.93. The minimum Gasteiger partial charge on any atom is -0.438 e. The first-order valence-corrected chi connectivity index (χ1v) is 12.7. The molecule has 0 aliphatic carbocycles. The number of nitrogens with zero attached hydrogens (tertiary/aromatic N) is 4. The zero-order chi connectivity index (χ0) is 25.3. The van der Waals surface area contributed by atoms with Crippen molar-refractivity contribution in [1.82, 2.24) is 14.9 Å². The molecule has 7 heteroatoms. The van der Waals surface area contributed by atoms with Crippen molar-refractivity contribution < 1.29 is 14.6 Å². The van der Waals surface area contributed by atoms with Crippen molar-refractivity contribution in [2.75, 3.05) is 24.5 Å². The molecule has 0 saturated carbocycles. The van der Waals surface area contributed by atoms with Gasteiger partial charge in [0.05, 0.1) is 11.6 Å². The predicted molar refractivity (Wildman–Crippen MR) is 140 cm³/mol. The number of anilines is 1. The molecule has 2 fully saturated rings. The Morgan fingerprint density at radius 3 is 2.22 bits per heavy atom. The first-order valence-electron chi connectivity index (χ1n) is 12.7. The summed E-state index contributed by atoms with van der Waals surface area (Å²) in [6.07, 6.45) is 5.52. The first kappa shape index (κ1) is 24.3. The molecule has 3 heterocycles. The van der Waals surface area contributed by atoms with E-state index in [9.17, 15) is 9.90 Å². The predicted octanol–water partition coefficient (Wildman–Crippen LogP) is 5.31. The van der Waals surface area contributed by atoms with Crippen molar-refractivity contribution in [3.63, 3.8) is 0 Å². The topological polar surface area (TPSA) is 78.8 Å². The number of carbonyl (C=O) groups is 1. The van der Waals surface area contributed by atoms with Crippen LogP contribution in [0.2, 0.25) is 0 Å². The second-order valence-electron chi connectivity index (χ2n) is 10.6. The molecule has 1 amide bonds. The minimum absolute atomic E-state index is 0.146. The molecule has 2 aliphatic heterocycles. The van der Waals surface area contributed by atoms with Crippen LogP contribution in [0.3, 0.4) is 0 Å². The van der Waals surface area contributed by atoms with Gasteiger partial charge in [-0.3, -0.25) is 0 Å². The Labute approximate surface area is 212 Å². The maximum Gasteiger partial charge on any atom is 0.411 e. The van der Waals surface area contributed by atoms with Gasteiger partial charge >= 0.3 is 6.09 Å². The fourth-order valence-corrected chi connectivity index (χ4v) is 5.18. The molecular formula is C29H34N4O3. The summed E-state index contributed by atoms with van der Waals surface area (Å²) < 4.78 is 6.14. The van der Waals surface area contributed by atoms with Crippen LogP contribution in [0.1, 0.15) is 57.2 Å². The molecular weight excluding hydrogens is 452 g/mol. The molecule has 0 radical (unpaired) electrons. The van der Waals surface area contributed by atoms with Crippen LogP contribution in [-0.4, -0.2) is 51.3 Å². The van der Waals surface area contributed by atoms with Crippen molar-refractivity contribution >= 4 is 12.0 Å². The second kappa shape index (κ2) is 9.54. The highest BCUT2D eigenvalue weighted by Gasteiger charge is 2.46. The molecule has 2 aliphatic rings. The molecule has 0 bridgehead atoms. The number of benzene rings is 2. The lowest BCUT2D eigenvalue weighted by molar-refractivity contribution is -0.101. The number of cyclic esters (lactones) is 1. The number of hydrogen-bond acceptors (Lipinski definition) is 6. The second-order valence-corrected chi connectivity index (χ2v) is 10.6. The summed E-state index contributed by atoms with van der Waals surface area (Å²) in [4.78, 5) is 26.2. The lowest BCUT2D eigenvalue weighted by Gasteiger charge is -2.45. The summed E-state index contributed by atoms with van der Waals surface area (Å²) >= 11 is 0. The molecule has 188 valence electrons. The molecule has 1 N–H and O–H groups in total. The van der Waals surface area contributed by atoms with E-state index in [4.69, 9.17) is 4.74 Å². The van der Waals surface area contributed by atoms with E-state index < -0.39 is 11.2 Å². The summed E-state index contributed by atoms with van der Waals surface area (Å²) in [5.74, 6) is 0.787. The van der Waals surface area contributed by atoms with Crippen LogP contribution in [0.15, 0.2) is 67.0 Å². The van der Waals surface area contributed by atoms with Gasteiger partial charge in [0.25, 0.3) is 0 Å². The molecule has 36 heavy (non-hydrogen) atoms. The Morgan fingerprint density at radius 2 is 1.67 bits per heavy atom. The van der Waals surface area contributed by atoms with E-state index in [-0.39, 0.29) is 12.1 Å². The van der Waals surface area contributed by atoms with Gasteiger partial charge in [-0.2, -0.15) is 0 Å². The number of ether oxygens (including phenoxy) is 1. The first-order chi connectivity index (χ1) is 17.2. The molecule has 2 atom stereocenters. The van der Waals surface area contributed by atoms with Gasteiger partial charge in [-0.25, -0.2) is 14.8 Å². The third-order valence-electron chi connectivity index (χ3n) is 7.26. The molecule has 1 aromatic heterocycles. The highest BCUT2D eigenvalue weighted by molar-refractivity contribution is 5.70. The van der Waals surface area contributed by atoms with Gasteiger partial charge in [-0.1, -0.05) is 54.6 Å². The fourth-order valence-electron chi connectivity index (χ4n) is 5.18. The highest BCUT2D eigenvalue weighted by atomic mass is 16.6. The van der Waals surface area contributed by atoms with Gasteiger partial charge in [0.1, 0.15) is 5.60 Å². The zero-order valence-electron chi connectivity index (χ0n) is 21.2. The lowest BCUT2D eigenvalue weighted by Crippen LogP contribution is -2.51. The maximum atomic E-state index is 13.3. The van der Waals surface area contributed by atoms with Crippen molar-refractivity contribution in [3.05, 3.63) is 78.1 Å². The van der Waals surface area contributed by atoms with Crippen LogP contribution >= 0.6 is 0 Å². The minimum atomic E-state index is -0.975. The number of amides is 1. The highest BCUT2D eigenvalue weighted by Crippen LogP contribution is 2.42. The van der Waals surface area contributed by atoms with E-state index in [2.05, 4.69) is 14.9 Å². The number of rotatable bonds is 7. The third-order valence-corrected chi connectivity index (χ3v) is 7.26. The standard InChI is InChI=1S/C29H34N4O3/c1-21(22-10-12-23(13-11-22)24-18-30-26(31-19-24)32-15-7-16-32)33-17-14-29(36-27(33)34,20-28(2,3)35)25-8-5-4-6-9-25/h4-6,8-13,18-19,21,35H,7,14-17,20H2,1-3H3/t21-,29-/m0/s1. The van der Waals surface area contributed by atoms with Crippen LogP contribution in [0.25, 0.3) is 11.1 Å². The molecule has 7 nitrogen and oxygen atoms in total. The van der Waals surface area contributed by atoms with Gasteiger partial charge in [0.15, 0.2) is 0 Å². The van der Waals surface area contributed by atoms with E-state index in [0.717, 1.165) is 41.3 Å². The number of aromatic nitrogens is 2. The molecule has 2 saturated heterocycles. The van der Waals surface area contributed by atoms with Gasteiger partial charge < -0.3 is 19.6 Å². The van der Waals surface area contributed by atoms with Gasteiger partial charge in [-0.05, 0) is 43.9 Å². The van der Waals surface area contributed by atoms with Gasteiger partial charge in [0.2, 0.25) is 5.95 Å². The Balaban J connectivity index is 1.30. The SMILES string of the molecule is C[C@@H](c1ccc(-c2cnc(N3CCC3)nc2)cc1)N1CC[C@](CC(C)(C)O)(c2ccccc2)OC1=O. The van der Waals surface area contributed by atoms with Crippen LogP contribution < -0.4 is 4.90 Å². The summed E-state index contributed by atoms with van der Waals surface area (Å²) in [7, 11) is 0. The monoisotopic (exact) mass is 486 g/mol. The Hall–Kier alpha value is -3.45. The van der Waals surface area contributed by atoms with Crippen LogP contribution in [0, 0.1) is 0 Å². The van der Waals surface area contributed by atoms with Gasteiger partial charge in [0, 0.05) is 50.4 Å². The maximum absolute atomic E-state index is 13.3. The van der Waals surface area contributed by atoms with Crippen molar-refractivity contribution in [3.8, 4) is 11.1 Å². The summed E-state index contributed by atoms with van der Waals surface area (Å²) in [5.41, 5.74) is 2.13. The van der Waals surface area contributed by atoms with E-state index in [1.54, 1.807) is 18.7 Å². The Bertz CT molecular complexity index is 1190. The Kier molecular flexibility index (Phi) is 6.43. The van der Waals surface area contributed by atoms with Crippen LogP contribution in [-0.2, 0) is 10.3 Å². The van der Waals surface area contributed by atoms with E-state index in [1.165, 1.54) is 6.42 Å². The van der Waals surface area contributed by atoms with E-state index in [0.29, 0.717) is 19.4 Å². The van der Waals surface area contributed by atoms with E-state index >= 15 is 0 Å². The normalized spacial score (nSPS) is 21.1. The summed E-state index contributed by atoms with van der Waals surface area (Å²) in [6.45, 7) is 8.12. The molecule has 5 rings (SSSR count). The fraction of sp³-hybridized carbons (Fsp3) is 0.414. The van der Waals surface area contributed by atoms with Crippen LogP contribution in [0.4, 0.5) is 10.7 Å². The summed E-state index contributed by atoms with van der Waals surface area (Å²) in [6, 6.07) is 17.8. The van der Waals surface area contributed by atoms with E-state index in [1.807, 2.05) is 73.9 Å². The quantitative estimate of drug-likeness (QED) is 0.487. The summed E-state index contributed by atoms with van der Waals surface area (Å²) in [5, 5.41) is 10.6. The van der Waals surface area contributed by atoms with Crippen LogP contribution in [0.5, 0.6) is 0 Å². The average Bonchev–Trinajstić information content (AvgIpc) is 2.83. The molecule has 2 aromatic carbocycles. The Morgan fingerprint density at radius 1 is 1.00 bits per heavy atom. The molecule has 0 spiro atoms. The van der Waals surface area contributed by atoms with Crippen molar-refractivity contribution in [2.45, 2.75) is 57.3 Å². The van der Waals surface area contributed by atoms with Crippen molar-refractivity contribution in [1.29, 1.82) is 0 Å². The largest absolute Gasteiger partial charge is 0.438 e. The number of carbonyl (C=O) groups excluding carboxylic acids is 1. The average molecular weight is 487 g/mol. The smallest absolute Gasteiger partial charge is 0.411 e. The number of aliphatic hydroxyl groups is 1. The number of hydrogen-bond donors (Lipinski definition) is 1. The zero-order valence-corrected chi connectivity index (χ0v) is 21.2. The molecule has 0 unspecified atom stereocenters. The molecule has 3 aromatic rings. The van der Waals surface area contributed by atoms with Crippen molar-refractivity contribution in [2.24, 2.45) is 0 Å².